The van der Waals surface area contributed by atoms with E-state index in [-0.39, 0.29) is 11.7 Å². The third kappa shape index (κ3) is 4.38. The molecule has 0 atom stereocenters. The molecule has 0 aliphatic heterocycles. The molecule has 0 saturated heterocycles. The number of aryl methyl sites for hydroxylation is 1. The maximum Gasteiger partial charge on any atom is 0.255 e. The lowest BCUT2D eigenvalue weighted by Gasteiger charge is -2.06. The van der Waals surface area contributed by atoms with Crippen molar-refractivity contribution in [3.63, 3.8) is 0 Å². The van der Waals surface area contributed by atoms with E-state index >= 15 is 0 Å². The molecule has 1 aromatic heterocycles. The van der Waals surface area contributed by atoms with Crippen LogP contribution in [0.2, 0.25) is 0 Å². The molecule has 4 heteroatoms. The Morgan fingerprint density at radius 1 is 1.00 bits per heavy atom. The summed E-state index contributed by atoms with van der Waals surface area (Å²) in [6, 6.07) is 14.9. The van der Waals surface area contributed by atoms with Gasteiger partial charge in [0.05, 0.1) is 0 Å². The van der Waals surface area contributed by atoms with Crippen molar-refractivity contribution in [2.24, 2.45) is 0 Å². The fourth-order valence-corrected chi connectivity index (χ4v) is 2.34. The van der Waals surface area contributed by atoms with Crippen LogP contribution in [0.5, 0.6) is 0 Å². The summed E-state index contributed by atoms with van der Waals surface area (Å²) in [7, 11) is 0. The zero-order valence-electron chi connectivity index (χ0n) is 13.7. The minimum Gasteiger partial charge on any atom is -0.322 e. The summed E-state index contributed by atoms with van der Waals surface area (Å²) < 4.78 is 12.9. The van der Waals surface area contributed by atoms with Crippen LogP contribution in [-0.2, 0) is 0 Å². The van der Waals surface area contributed by atoms with E-state index in [0.717, 1.165) is 16.7 Å². The first-order valence-electron chi connectivity index (χ1n) is 7.87. The van der Waals surface area contributed by atoms with Crippen LogP contribution in [0.4, 0.5) is 10.1 Å². The van der Waals surface area contributed by atoms with Crippen LogP contribution in [0.15, 0.2) is 67.0 Å². The molecule has 0 aliphatic carbocycles. The molecule has 0 radical (unpaired) electrons. The zero-order valence-corrected chi connectivity index (χ0v) is 13.7. The molecule has 1 amide bonds. The molecular formula is C21H17FN2O. The Kier molecular flexibility index (Phi) is 5.00. The number of pyridine rings is 1. The number of halogens is 1. The Bertz CT molecular complexity index is 900. The summed E-state index contributed by atoms with van der Waals surface area (Å²) in [4.78, 5) is 16.2. The third-order valence-electron chi connectivity index (χ3n) is 3.79. The molecule has 2 aromatic carbocycles. The highest BCUT2D eigenvalue weighted by Gasteiger charge is 2.05. The molecular weight excluding hydrogens is 315 g/mol. The Morgan fingerprint density at radius 2 is 1.72 bits per heavy atom. The fraction of sp³-hybridized carbons (Fsp3) is 0.0476. The summed E-state index contributed by atoms with van der Waals surface area (Å²) in [6.45, 7) is 2.01. The van der Waals surface area contributed by atoms with E-state index in [0.29, 0.717) is 11.3 Å². The number of nitrogens with one attached hydrogen (secondary N) is 1. The molecule has 3 nitrogen and oxygen atoms in total. The maximum absolute atomic E-state index is 12.9. The van der Waals surface area contributed by atoms with E-state index in [4.69, 9.17) is 0 Å². The first-order valence-corrected chi connectivity index (χ1v) is 7.87. The van der Waals surface area contributed by atoms with Gasteiger partial charge < -0.3 is 5.32 Å². The smallest absolute Gasteiger partial charge is 0.255 e. The second-order valence-electron chi connectivity index (χ2n) is 5.65. The van der Waals surface area contributed by atoms with E-state index in [1.54, 1.807) is 6.20 Å². The first kappa shape index (κ1) is 16.6. The topological polar surface area (TPSA) is 42.0 Å². The molecule has 0 fully saturated rings. The van der Waals surface area contributed by atoms with Gasteiger partial charge in [-0.2, -0.15) is 0 Å². The van der Waals surface area contributed by atoms with Crippen LogP contribution in [0.3, 0.4) is 0 Å². The molecule has 1 N–H and O–H groups in total. The fourth-order valence-electron chi connectivity index (χ4n) is 2.34. The number of carbonyl (C=O) groups is 1. The summed E-state index contributed by atoms with van der Waals surface area (Å²) in [6.07, 6.45) is 7.63. The third-order valence-corrected chi connectivity index (χ3v) is 3.79. The van der Waals surface area contributed by atoms with Gasteiger partial charge in [0.15, 0.2) is 0 Å². The van der Waals surface area contributed by atoms with E-state index in [1.165, 1.54) is 24.3 Å². The van der Waals surface area contributed by atoms with E-state index in [1.807, 2.05) is 55.6 Å². The van der Waals surface area contributed by atoms with Crippen molar-refractivity contribution < 1.29 is 9.18 Å². The van der Waals surface area contributed by atoms with Crippen molar-refractivity contribution in [3.8, 4) is 0 Å². The predicted octanol–water partition coefficient (Wildman–Crippen LogP) is 4.95. The van der Waals surface area contributed by atoms with Gasteiger partial charge in [-0.1, -0.05) is 24.3 Å². The normalized spacial score (nSPS) is 10.8. The Morgan fingerprint density at radius 3 is 2.40 bits per heavy atom. The summed E-state index contributed by atoms with van der Waals surface area (Å²) >= 11 is 0. The monoisotopic (exact) mass is 332 g/mol. The number of hydrogen-bond acceptors (Lipinski definition) is 2. The molecule has 0 saturated carbocycles. The van der Waals surface area contributed by atoms with Crippen molar-refractivity contribution in [1.29, 1.82) is 0 Å². The second kappa shape index (κ2) is 7.53. The van der Waals surface area contributed by atoms with Gasteiger partial charge in [0.25, 0.3) is 5.91 Å². The minimum atomic E-state index is -0.364. The number of benzene rings is 2. The van der Waals surface area contributed by atoms with Gasteiger partial charge in [0.1, 0.15) is 5.82 Å². The van der Waals surface area contributed by atoms with Gasteiger partial charge in [-0.15, -0.1) is 0 Å². The lowest BCUT2D eigenvalue weighted by atomic mass is 10.1. The van der Waals surface area contributed by atoms with Crippen molar-refractivity contribution >= 4 is 23.7 Å². The van der Waals surface area contributed by atoms with Gasteiger partial charge in [0.2, 0.25) is 0 Å². The lowest BCUT2D eigenvalue weighted by Crippen LogP contribution is -2.11. The Labute approximate surface area is 145 Å². The highest BCUT2D eigenvalue weighted by atomic mass is 19.1. The molecule has 3 rings (SSSR count). The van der Waals surface area contributed by atoms with Gasteiger partial charge >= 0.3 is 0 Å². The number of aromatic nitrogens is 1. The largest absolute Gasteiger partial charge is 0.322 e. The molecule has 0 aliphatic rings. The van der Waals surface area contributed by atoms with Crippen LogP contribution in [0.25, 0.3) is 12.2 Å². The number of carbonyl (C=O) groups excluding carboxylic acids is 1. The minimum absolute atomic E-state index is 0.268. The molecule has 0 spiro atoms. The standard InChI is InChI=1S/C21H17FN2O/c1-15-14-23-13-12-17(15)5-2-16-3-10-20(11-4-16)24-21(25)18-6-8-19(22)9-7-18/h2-14H,1H3,(H,24,25). The van der Waals surface area contributed by atoms with Crippen LogP contribution in [0.1, 0.15) is 27.0 Å². The average Bonchev–Trinajstić information content (AvgIpc) is 2.63. The number of amides is 1. The van der Waals surface area contributed by atoms with Gasteiger partial charge in [0, 0.05) is 23.6 Å². The van der Waals surface area contributed by atoms with E-state index < -0.39 is 0 Å². The summed E-state index contributed by atoms with van der Waals surface area (Å²) in [5.41, 5.74) is 4.35. The van der Waals surface area contributed by atoms with Crippen molar-refractivity contribution in [1.82, 2.24) is 4.98 Å². The molecule has 25 heavy (non-hydrogen) atoms. The quantitative estimate of drug-likeness (QED) is 0.734. The maximum atomic E-state index is 12.9. The average molecular weight is 332 g/mol. The molecule has 0 unspecified atom stereocenters. The zero-order chi connectivity index (χ0) is 17.6. The summed E-state index contributed by atoms with van der Waals surface area (Å²) in [5.74, 6) is -0.632. The second-order valence-corrected chi connectivity index (χ2v) is 5.65. The van der Waals surface area contributed by atoms with Crippen LogP contribution >= 0.6 is 0 Å². The Balaban J connectivity index is 1.67. The van der Waals surface area contributed by atoms with Crippen LogP contribution < -0.4 is 5.32 Å². The Hall–Kier alpha value is -3.27. The van der Waals surface area contributed by atoms with Crippen molar-refractivity contribution in [3.05, 3.63) is 95.1 Å². The lowest BCUT2D eigenvalue weighted by molar-refractivity contribution is 0.102. The van der Waals surface area contributed by atoms with Crippen molar-refractivity contribution in [2.45, 2.75) is 6.92 Å². The number of rotatable bonds is 4. The molecule has 3 aromatic rings. The predicted molar refractivity (Wildman–Crippen MR) is 98.7 cm³/mol. The van der Waals surface area contributed by atoms with Gasteiger partial charge in [-0.3, -0.25) is 9.78 Å². The van der Waals surface area contributed by atoms with Crippen LogP contribution in [0, 0.1) is 12.7 Å². The molecule has 124 valence electrons. The highest BCUT2D eigenvalue weighted by molar-refractivity contribution is 6.04. The van der Waals surface area contributed by atoms with E-state index in [9.17, 15) is 9.18 Å². The van der Waals surface area contributed by atoms with E-state index in [2.05, 4.69) is 10.3 Å². The highest BCUT2D eigenvalue weighted by Crippen LogP contribution is 2.15. The first-order chi connectivity index (χ1) is 12.1. The summed E-state index contributed by atoms with van der Waals surface area (Å²) in [5, 5.41) is 2.79. The molecule has 1 heterocycles. The number of nitrogens with zero attached hydrogens (tertiary/aromatic N) is 1. The number of anilines is 1. The van der Waals surface area contributed by atoms with Gasteiger partial charge in [-0.05, 0) is 66.1 Å². The van der Waals surface area contributed by atoms with Crippen LogP contribution in [-0.4, -0.2) is 10.9 Å². The SMILES string of the molecule is Cc1cnccc1C=Cc1ccc(NC(=O)c2ccc(F)cc2)cc1. The number of hydrogen-bond donors (Lipinski definition) is 1. The van der Waals surface area contributed by atoms with Crippen molar-refractivity contribution in [2.75, 3.05) is 5.32 Å². The molecule has 0 bridgehead atoms. The van der Waals surface area contributed by atoms with Gasteiger partial charge in [-0.25, -0.2) is 4.39 Å².